The number of amides is 1. The lowest BCUT2D eigenvalue weighted by atomic mass is 10.1. The van der Waals surface area contributed by atoms with Crippen molar-refractivity contribution in [3.05, 3.63) is 69.3 Å². The van der Waals surface area contributed by atoms with E-state index in [1.807, 2.05) is 0 Å². The van der Waals surface area contributed by atoms with Crippen LogP contribution >= 0.6 is 0 Å². The zero-order valence-corrected chi connectivity index (χ0v) is 19.6. The molecule has 1 amide bonds. The van der Waals surface area contributed by atoms with E-state index >= 15 is 0 Å². The summed E-state index contributed by atoms with van der Waals surface area (Å²) in [4.78, 5) is 22.5. The molecule has 0 aliphatic heterocycles. The number of aliphatic hydroxyl groups excluding tert-OH is 1. The molecule has 9 heteroatoms. The van der Waals surface area contributed by atoms with Gasteiger partial charge in [-0.1, -0.05) is 26.8 Å². The van der Waals surface area contributed by atoms with Crippen molar-refractivity contribution in [1.82, 2.24) is 0 Å². The molecule has 0 aliphatic rings. The molecular weight excluding hydrogens is 416 g/mol. The van der Waals surface area contributed by atoms with Gasteiger partial charge in [0.05, 0.1) is 18.1 Å². The third kappa shape index (κ3) is 6.88. The van der Waals surface area contributed by atoms with Gasteiger partial charge in [-0.2, -0.15) is 0 Å². The van der Waals surface area contributed by atoms with Gasteiger partial charge in [-0.25, -0.2) is 4.79 Å². The van der Waals surface area contributed by atoms with Gasteiger partial charge in [0.1, 0.15) is 6.61 Å². The summed E-state index contributed by atoms with van der Waals surface area (Å²) in [5.41, 5.74) is 2.63. The molecule has 0 unspecified atom stereocenters. The van der Waals surface area contributed by atoms with Gasteiger partial charge in [-0.3, -0.25) is 15.4 Å². The van der Waals surface area contributed by atoms with Crippen molar-refractivity contribution in [3.8, 4) is 0 Å². The van der Waals surface area contributed by atoms with Crippen LogP contribution in [0.15, 0.2) is 42.5 Å². The first-order valence-corrected chi connectivity index (χ1v) is 12.9. The van der Waals surface area contributed by atoms with Crippen molar-refractivity contribution >= 4 is 25.8 Å². The third-order valence-electron chi connectivity index (χ3n) is 5.50. The Kier molecular flexibility index (Phi) is 7.94. The van der Waals surface area contributed by atoms with E-state index in [9.17, 15) is 20.0 Å². The van der Waals surface area contributed by atoms with Crippen LogP contribution in [0.1, 0.15) is 37.5 Å². The average molecular weight is 447 g/mol. The number of ether oxygens (including phenoxy) is 1. The Hall–Kier alpha value is -2.75. The fourth-order valence-corrected chi connectivity index (χ4v) is 3.42. The van der Waals surface area contributed by atoms with E-state index < -0.39 is 19.3 Å². The third-order valence-corrected chi connectivity index (χ3v) is 9.98. The van der Waals surface area contributed by atoms with Gasteiger partial charge in [0.15, 0.2) is 8.32 Å². The Morgan fingerprint density at radius 1 is 1.10 bits per heavy atom. The first-order chi connectivity index (χ1) is 14.4. The Morgan fingerprint density at radius 3 is 2.26 bits per heavy atom. The Labute approximate surface area is 183 Å². The molecule has 168 valence electrons. The highest BCUT2D eigenvalue weighted by Gasteiger charge is 2.37. The second-order valence-electron chi connectivity index (χ2n) is 8.82. The molecule has 0 radical (unpaired) electrons. The highest BCUT2D eigenvalue weighted by Crippen LogP contribution is 2.37. The van der Waals surface area contributed by atoms with Gasteiger partial charge in [0.25, 0.3) is 5.69 Å². The van der Waals surface area contributed by atoms with Crippen molar-refractivity contribution < 1.29 is 24.0 Å². The van der Waals surface area contributed by atoms with Crippen LogP contribution in [0.3, 0.4) is 0 Å². The fourth-order valence-electron chi connectivity index (χ4n) is 2.47. The molecule has 2 aromatic rings. The summed E-state index contributed by atoms with van der Waals surface area (Å²) in [5, 5.41) is 22.9. The van der Waals surface area contributed by atoms with Crippen molar-refractivity contribution in [3.63, 3.8) is 0 Å². The maximum atomic E-state index is 12.3. The van der Waals surface area contributed by atoms with E-state index in [1.165, 1.54) is 12.1 Å². The quantitative estimate of drug-likeness (QED) is 0.321. The topological polar surface area (TPSA) is 111 Å². The highest BCUT2D eigenvalue weighted by atomic mass is 28.4. The molecule has 2 rings (SSSR count). The molecule has 31 heavy (non-hydrogen) atoms. The maximum absolute atomic E-state index is 12.3. The van der Waals surface area contributed by atoms with Gasteiger partial charge in [0.2, 0.25) is 0 Å². The number of hydrogen-bond acceptors (Lipinski definition) is 6. The molecule has 2 aromatic carbocycles. The number of aliphatic hydroxyl groups is 1. The first-order valence-electron chi connectivity index (χ1n) is 9.96. The zero-order chi connectivity index (χ0) is 23.2. The SMILES string of the molecule is CC(C)(C)[Si](C)(C)OCc1cc(CO)ccc1NC(=O)OCc1ccc([N+](=O)[O-])cc1. The minimum absolute atomic E-state index is 0.0195. The number of rotatable bonds is 8. The van der Waals surface area contributed by atoms with Crippen LogP contribution in [0.2, 0.25) is 18.1 Å². The maximum Gasteiger partial charge on any atom is 0.411 e. The second-order valence-corrected chi connectivity index (χ2v) is 13.6. The Balaban J connectivity index is 2.05. The van der Waals surface area contributed by atoms with Gasteiger partial charge >= 0.3 is 6.09 Å². The van der Waals surface area contributed by atoms with Crippen molar-refractivity contribution in [2.75, 3.05) is 5.32 Å². The molecule has 0 saturated heterocycles. The summed E-state index contributed by atoms with van der Waals surface area (Å²) in [6, 6.07) is 11.0. The zero-order valence-electron chi connectivity index (χ0n) is 18.6. The van der Waals surface area contributed by atoms with Crippen molar-refractivity contribution in [2.45, 2.75) is 58.7 Å². The molecule has 0 fully saturated rings. The van der Waals surface area contributed by atoms with Gasteiger partial charge in [-0.05, 0) is 53.5 Å². The number of carbonyl (C=O) groups is 1. The van der Waals surface area contributed by atoms with Crippen LogP contribution in [0.25, 0.3) is 0 Å². The number of nitro groups is 1. The number of nitrogens with one attached hydrogen (secondary N) is 1. The van der Waals surface area contributed by atoms with Crippen LogP contribution in [0.5, 0.6) is 0 Å². The minimum atomic E-state index is -2.00. The standard InChI is InChI=1S/C22H30N2O6Si/c1-22(2,3)31(4,5)30-15-18-12-17(13-25)8-11-20(18)23-21(26)29-14-16-6-9-19(10-7-16)24(27)28/h6-12,25H,13-15H2,1-5H3,(H,23,26). The largest absolute Gasteiger partial charge is 0.444 e. The summed E-state index contributed by atoms with van der Waals surface area (Å²) in [6.07, 6.45) is -0.649. The molecule has 0 bridgehead atoms. The summed E-state index contributed by atoms with van der Waals surface area (Å²) >= 11 is 0. The van der Waals surface area contributed by atoms with Gasteiger partial charge < -0.3 is 14.3 Å². The molecular formula is C22H30N2O6Si. The summed E-state index contributed by atoms with van der Waals surface area (Å²) in [6.45, 7) is 10.9. The van der Waals surface area contributed by atoms with Crippen LogP contribution in [-0.4, -0.2) is 24.4 Å². The van der Waals surface area contributed by atoms with E-state index in [0.717, 1.165) is 11.1 Å². The van der Waals surface area contributed by atoms with Crippen LogP contribution < -0.4 is 5.32 Å². The van der Waals surface area contributed by atoms with Crippen LogP contribution in [0, 0.1) is 10.1 Å². The normalized spacial score (nSPS) is 11.8. The van der Waals surface area contributed by atoms with E-state index in [2.05, 4.69) is 39.2 Å². The monoisotopic (exact) mass is 446 g/mol. The highest BCUT2D eigenvalue weighted by molar-refractivity contribution is 6.74. The molecule has 0 saturated carbocycles. The lowest BCUT2D eigenvalue weighted by molar-refractivity contribution is -0.384. The molecule has 0 atom stereocenters. The number of carbonyl (C=O) groups excluding carboxylic acids is 1. The van der Waals surface area contributed by atoms with Crippen LogP contribution in [0.4, 0.5) is 16.2 Å². The molecule has 0 aromatic heterocycles. The van der Waals surface area contributed by atoms with Crippen molar-refractivity contribution in [2.24, 2.45) is 0 Å². The summed E-state index contributed by atoms with van der Waals surface area (Å²) < 4.78 is 11.5. The van der Waals surface area contributed by atoms with E-state index in [4.69, 9.17) is 9.16 Å². The number of nitrogens with zero attached hydrogens (tertiary/aromatic N) is 1. The van der Waals surface area contributed by atoms with E-state index in [0.29, 0.717) is 17.9 Å². The molecule has 0 heterocycles. The number of non-ortho nitro benzene ring substituents is 1. The van der Waals surface area contributed by atoms with Crippen LogP contribution in [-0.2, 0) is 29.0 Å². The predicted octanol–water partition coefficient (Wildman–Crippen LogP) is 5.36. The average Bonchev–Trinajstić information content (AvgIpc) is 2.71. The number of nitro benzene ring substituents is 1. The Morgan fingerprint density at radius 2 is 1.71 bits per heavy atom. The number of hydrogen-bond donors (Lipinski definition) is 2. The second kappa shape index (κ2) is 10.0. The lowest BCUT2D eigenvalue weighted by Crippen LogP contribution is -2.40. The van der Waals surface area contributed by atoms with E-state index in [-0.39, 0.29) is 23.9 Å². The number of anilines is 1. The molecule has 2 N–H and O–H groups in total. The molecule has 0 aliphatic carbocycles. The van der Waals surface area contributed by atoms with E-state index in [1.54, 1.807) is 30.3 Å². The summed E-state index contributed by atoms with van der Waals surface area (Å²) in [7, 11) is -2.00. The van der Waals surface area contributed by atoms with Gasteiger partial charge in [-0.15, -0.1) is 0 Å². The van der Waals surface area contributed by atoms with Crippen molar-refractivity contribution in [1.29, 1.82) is 0 Å². The first kappa shape index (κ1) is 24.5. The summed E-state index contributed by atoms with van der Waals surface area (Å²) in [5.74, 6) is 0. The molecule has 8 nitrogen and oxygen atoms in total. The fraction of sp³-hybridized carbons (Fsp3) is 0.409. The minimum Gasteiger partial charge on any atom is -0.444 e. The predicted molar refractivity (Wildman–Crippen MR) is 121 cm³/mol. The Bertz CT molecular complexity index is 923. The smallest absolute Gasteiger partial charge is 0.411 e. The number of benzene rings is 2. The molecule has 0 spiro atoms. The van der Waals surface area contributed by atoms with Gasteiger partial charge in [0, 0.05) is 23.4 Å². The lowest BCUT2D eigenvalue weighted by Gasteiger charge is -2.36.